The molecular formula is C23H30N2O8S2. The Labute approximate surface area is 211 Å². The van der Waals surface area contributed by atoms with Crippen molar-refractivity contribution in [2.24, 2.45) is 11.3 Å². The maximum Gasteiger partial charge on any atom is 0.508 e. The molecule has 0 aliphatic carbocycles. The SMILES string of the molecule is C[C@@H](O)[C@H]1C(=O)N2C(C(=O)O)=C(S/C=C\c3scnc3CO)[C@](C)(CCOC(=O)OC(C)(C)C)[C@H]12. The molecule has 0 unspecified atom stereocenters. The highest BCUT2D eigenvalue weighted by Crippen LogP contribution is 2.59. The normalized spacial score (nSPS) is 25.0. The van der Waals surface area contributed by atoms with E-state index in [0.29, 0.717) is 10.6 Å². The first-order chi connectivity index (χ1) is 16.3. The molecule has 2 aliphatic rings. The topological polar surface area (TPSA) is 146 Å². The van der Waals surface area contributed by atoms with Crippen LogP contribution in [0.2, 0.25) is 0 Å². The lowest BCUT2D eigenvalue weighted by atomic mass is 9.68. The van der Waals surface area contributed by atoms with Gasteiger partial charge >= 0.3 is 12.1 Å². The second-order valence-electron chi connectivity index (χ2n) is 9.62. The molecule has 0 bridgehead atoms. The van der Waals surface area contributed by atoms with Crippen molar-refractivity contribution in [2.75, 3.05) is 6.61 Å². The Morgan fingerprint density at radius 2 is 2.09 bits per heavy atom. The molecule has 35 heavy (non-hydrogen) atoms. The van der Waals surface area contributed by atoms with Gasteiger partial charge in [-0.15, -0.1) is 11.3 Å². The molecule has 3 N–H and O–H groups in total. The number of rotatable bonds is 9. The molecule has 3 rings (SSSR count). The summed E-state index contributed by atoms with van der Waals surface area (Å²) in [6.45, 7) is 8.16. The molecule has 0 spiro atoms. The van der Waals surface area contributed by atoms with Gasteiger partial charge in [0.2, 0.25) is 5.91 Å². The number of nitrogens with zero attached hydrogens (tertiary/aromatic N) is 2. The zero-order valence-corrected chi connectivity index (χ0v) is 21.8. The highest BCUT2D eigenvalue weighted by atomic mass is 32.2. The lowest BCUT2D eigenvalue weighted by molar-refractivity contribution is -0.167. The number of carboxylic acid groups (broad SMARTS) is 1. The van der Waals surface area contributed by atoms with Crippen LogP contribution in [0.1, 0.15) is 51.6 Å². The van der Waals surface area contributed by atoms with Crippen molar-refractivity contribution < 1.29 is 39.2 Å². The van der Waals surface area contributed by atoms with Crippen LogP contribution < -0.4 is 0 Å². The first kappa shape index (κ1) is 27.2. The molecule has 1 aromatic heterocycles. The number of thiazole rings is 1. The van der Waals surface area contributed by atoms with Gasteiger partial charge in [0.1, 0.15) is 11.3 Å². The van der Waals surface area contributed by atoms with Crippen LogP contribution >= 0.6 is 23.1 Å². The van der Waals surface area contributed by atoms with Crippen molar-refractivity contribution in [1.82, 2.24) is 9.88 Å². The van der Waals surface area contributed by atoms with Crippen LogP contribution in [0.25, 0.3) is 6.08 Å². The minimum atomic E-state index is -1.26. The number of carbonyl (C=O) groups is 3. The molecule has 1 aromatic rings. The van der Waals surface area contributed by atoms with Crippen LogP contribution in [0.3, 0.4) is 0 Å². The van der Waals surface area contributed by atoms with E-state index in [4.69, 9.17) is 9.47 Å². The lowest BCUT2D eigenvalue weighted by Gasteiger charge is -2.50. The Balaban J connectivity index is 1.90. The molecule has 3 heterocycles. The Morgan fingerprint density at radius 1 is 1.40 bits per heavy atom. The number of aliphatic hydroxyl groups excluding tert-OH is 2. The molecule has 1 saturated heterocycles. The Bertz CT molecular complexity index is 1060. The predicted octanol–water partition coefficient (Wildman–Crippen LogP) is 3.21. The fourth-order valence-electron chi connectivity index (χ4n) is 4.40. The molecule has 0 aromatic carbocycles. The lowest BCUT2D eigenvalue weighted by Crippen LogP contribution is -2.66. The summed E-state index contributed by atoms with van der Waals surface area (Å²) in [4.78, 5) is 43.6. The van der Waals surface area contributed by atoms with Crippen molar-refractivity contribution in [2.45, 2.75) is 65.4 Å². The van der Waals surface area contributed by atoms with E-state index < -0.39 is 47.1 Å². The molecule has 192 valence electrons. The molecular weight excluding hydrogens is 496 g/mol. The van der Waals surface area contributed by atoms with Crippen molar-refractivity contribution in [3.8, 4) is 0 Å². The van der Waals surface area contributed by atoms with Gasteiger partial charge < -0.3 is 29.7 Å². The van der Waals surface area contributed by atoms with E-state index in [0.717, 1.165) is 16.6 Å². The van der Waals surface area contributed by atoms with Crippen LogP contribution in [-0.4, -0.2) is 67.6 Å². The quantitative estimate of drug-likeness (QED) is 0.324. The second-order valence-corrected chi connectivity index (χ2v) is 11.4. The first-order valence-corrected chi connectivity index (χ1v) is 12.8. The molecule has 0 saturated carbocycles. The van der Waals surface area contributed by atoms with Crippen molar-refractivity contribution in [3.63, 3.8) is 0 Å². The molecule has 1 fully saturated rings. The highest BCUT2D eigenvalue weighted by molar-refractivity contribution is 8.06. The number of aliphatic hydroxyl groups is 2. The average molecular weight is 527 g/mol. The zero-order chi connectivity index (χ0) is 26.1. The third-order valence-electron chi connectivity index (χ3n) is 5.95. The number of thioether (sulfide) groups is 1. The van der Waals surface area contributed by atoms with E-state index in [9.17, 15) is 29.7 Å². The number of β-lactam (4-membered cyclic amide) rings is 1. The van der Waals surface area contributed by atoms with Crippen molar-refractivity contribution in [1.29, 1.82) is 0 Å². The summed E-state index contributed by atoms with van der Waals surface area (Å²) in [6.07, 6.45) is 0.112. The van der Waals surface area contributed by atoms with E-state index in [-0.39, 0.29) is 25.3 Å². The largest absolute Gasteiger partial charge is 0.508 e. The number of aromatic nitrogens is 1. The summed E-state index contributed by atoms with van der Waals surface area (Å²) in [5.74, 6) is -2.49. The fourth-order valence-corrected chi connectivity index (χ4v) is 6.31. The van der Waals surface area contributed by atoms with Crippen LogP contribution in [0.15, 0.2) is 21.5 Å². The summed E-state index contributed by atoms with van der Waals surface area (Å²) in [5, 5.41) is 31.4. The molecule has 12 heteroatoms. The van der Waals surface area contributed by atoms with E-state index >= 15 is 0 Å². The van der Waals surface area contributed by atoms with E-state index in [1.54, 1.807) is 37.8 Å². The van der Waals surface area contributed by atoms with Gasteiger partial charge in [-0.05, 0) is 45.6 Å². The number of hydrogen-bond donors (Lipinski definition) is 3. The number of aliphatic carboxylic acids is 1. The average Bonchev–Trinajstić information content (AvgIpc) is 3.26. The Morgan fingerprint density at radius 3 is 2.66 bits per heavy atom. The van der Waals surface area contributed by atoms with E-state index in [1.807, 2.05) is 6.92 Å². The van der Waals surface area contributed by atoms with E-state index in [1.165, 1.54) is 23.2 Å². The summed E-state index contributed by atoms with van der Waals surface area (Å²) in [6, 6.07) is -0.601. The number of hydrogen-bond acceptors (Lipinski definition) is 10. The van der Waals surface area contributed by atoms with E-state index in [2.05, 4.69) is 4.98 Å². The summed E-state index contributed by atoms with van der Waals surface area (Å²) < 4.78 is 10.4. The fraction of sp³-hybridized carbons (Fsp3) is 0.565. The van der Waals surface area contributed by atoms with Gasteiger partial charge in [-0.2, -0.15) is 0 Å². The van der Waals surface area contributed by atoms with Gasteiger partial charge in [0, 0.05) is 10.3 Å². The number of ether oxygens (including phenoxy) is 2. The molecule has 10 nitrogen and oxygen atoms in total. The third-order valence-corrected chi connectivity index (χ3v) is 7.95. The van der Waals surface area contributed by atoms with Gasteiger partial charge in [0.25, 0.3) is 0 Å². The number of carbonyl (C=O) groups excluding carboxylic acids is 2. The number of carboxylic acids is 1. The van der Waals surface area contributed by atoms with Crippen LogP contribution in [0, 0.1) is 11.3 Å². The van der Waals surface area contributed by atoms with Crippen LogP contribution in [0.4, 0.5) is 4.79 Å². The summed E-state index contributed by atoms with van der Waals surface area (Å²) >= 11 is 2.48. The van der Waals surface area contributed by atoms with Crippen molar-refractivity contribution >= 4 is 47.2 Å². The van der Waals surface area contributed by atoms with Gasteiger partial charge in [0.15, 0.2) is 0 Å². The summed E-state index contributed by atoms with van der Waals surface area (Å²) in [5.41, 5.74) is 0.331. The minimum absolute atomic E-state index is 0.0688. The Hall–Kier alpha value is -2.41. The molecule has 1 amide bonds. The van der Waals surface area contributed by atoms with Crippen LogP contribution in [-0.2, 0) is 25.7 Å². The number of amides is 1. The molecule has 2 aliphatic heterocycles. The minimum Gasteiger partial charge on any atom is -0.477 e. The highest BCUT2D eigenvalue weighted by Gasteiger charge is 2.65. The first-order valence-electron chi connectivity index (χ1n) is 11.0. The predicted molar refractivity (Wildman–Crippen MR) is 130 cm³/mol. The van der Waals surface area contributed by atoms with Gasteiger partial charge in [-0.1, -0.05) is 18.7 Å². The maximum absolute atomic E-state index is 12.8. The zero-order valence-electron chi connectivity index (χ0n) is 20.2. The molecule has 4 atom stereocenters. The standard InChI is InChI=1S/C23H30N2O8S2/c1-12(27)15-17-23(5,7-8-32-21(31)33-22(2,3)4)18(16(20(29)30)25(17)19(15)28)34-9-6-14-13(10-26)24-11-35-14/h6,9,11-12,15,17,26-27H,7-8,10H2,1-5H3,(H,29,30)/b9-6-/t12-,15-,17+,23-/m1/s1. The monoisotopic (exact) mass is 526 g/mol. The maximum atomic E-state index is 12.8. The number of fused-ring (bicyclic) bond motifs is 1. The van der Waals surface area contributed by atoms with Crippen LogP contribution in [0.5, 0.6) is 0 Å². The smallest absolute Gasteiger partial charge is 0.477 e. The third kappa shape index (κ3) is 5.40. The van der Waals surface area contributed by atoms with Gasteiger partial charge in [0.05, 0.1) is 47.4 Å². The second kappa shape index (κ2) is 10.3. The van der Waals surface area contributed by atoms with Crippen molar-refractivity contribution in [3.05, 3.63) is 32.1 Å². The summed E-state index contributed by atoms with van der Waals surface area (Å²) in [7, 11) is 0. The molecule has 0 radical (unpaired) electrons. The Kier molecular flexibility index (Phi) is 7.99. The van der Waals surface area contributed by atoms with Gasteiger partial charge in [-0.3, -0.25) is 4.79 Å². The van der Waals surface area contributed by atoms with Gasteiger partial charge in [-0.25, -0.2) is 14.6 Å².